The first-order valence-corrected chi connectivity index (χ1v) is 9.45. The highest BCUT2D eigenvalue weighted by Crippen LogP contribution is 2.35. The number of amidine groups is 1. The highest BCUT2D eigenvalue weighted by atomic mass is 16.7. The van der Waals surface area contributed by atoms with Crippen molar-refractivity contribution >= 4 is 17.6 Å². The van der Waals surface area contributed by atoms with E-state index in [0.29, 0.717) is 18.3 Å². The van der Waals surface area contributed by atoms with Crippen LogP contribution in [0.1, 0.15) is 36.8 Å². The van der Waals surface area contributed by atoms with Gasteiger partial charge in [-0.3, -0.25) is 14.7 Å². The van der Waals surface area contributed by atoms with Crippen molar-refractivity contribution in [2.24, 2.45) is 17.0 Å². The molecule has 2 heterocycles. The van der Waals surface area contributed by atoms with Gasteiger partial charge in [0.2, 0.25) is 12.1 Å². The molecule has 1 atom stereocenters. The molecule has 1 aliphatic heterocycles. The lowest BCUT2D eigenvalue weighted by Crippen LogP contribution is -2.32. The largest absolute Gasteiger partial charge is 0.368 e. The fourth-order valence-electron chi connectivity index (χ4n) is 3.24. The number of nitrogens with zero attached hydrogens (tertiary/aromatic N) is 4. The lowest BCUT2D eigenvalue weighted by molar-refractivity contribution is -0.119. The molecule has 0 saturated heterocycles. The summed E-state index contributed by atoms with van der Waals surface area (Å²) in [5.41, 5.74) is 2.03. The predicted molar refractivity (Wildman–Crippen MR) is 99.7 cm³/mol. The quantitative estimate of drug-likeness (QED) is 0.853. The standard InChI is InChI=1S/C20H21N5O2/c26-20(16-7-8-16)25(17-11-21-9-10-22-17)12-13-1-3-14(4-2-13)18-23-19(27-24-18)15-5-6-15/h1-4,9-11,15-16,19H,5-8,12H2,(H,23,24). The average molecular weight is 363 g/mol. The Balaban J connectivity index is 1.31. The summed E-state index contributed by atoms with van der Waals surface area (Å²) in [6.45, 7) is 0.482. The molecule has 1 N–H and O–H groups in total. The predicted octanol–water partition coefficient (Wildman–Crippen LogP) is 2.44. The minimum absolute atomic E-state index is 0.0167. The molecule has 2 saturated carbocycles. The Labute approximate surface area is 157 Å². The molecule has 1 unspecified atom stereocenters. The van der Waals surface area contributed by atoms with Gasteiger partial charge in [0.25, 0.3) is 0 Å². The van der Waals surface area contributed by atoms with Crippen molar-refractivity contribution in [1.29, 1.82) is 0 Å². The maximum atomic E-state index is 12.7. The van der Waals surface area contributed by atoms with E-state index in [0.717, 1.165) is 29.8 Å². The molecule has 1 amide bonds. The molecule has 138 valence electrons. The molecule has 5 rings (SSSR count). The van der Waals surface area contributed by atoms with E-state index in [1.807, 2.05) is 24.3 Å². The van der Waals surface area contributed by atoms with Gasteiger partial charge in [-0.25, -0.2) is 4.98 Å². The number of hydrogen-bond donors (Lipinski definition) is 1. The second-order valence-corrected chi connectivity index (χ2v) is 7.41. The molecule has 0 bridgehead atoms. The highest BCUT2D eigenvalue weighted by Gasteiger charge is 2.37. The molecule has 0 radical (unpaired) electrons. The molecule has 3 aliphatic rings. The van der Waals surface area contributed by atoms with Crippen molar-refractivity contribution in [1.82, 2.24) is 15.3 Å². The summed E-state index contributed by atoms with van der Waals surface area (Å²) >= 11 is 0. The van der Waals surface area contributed by atoms with Gasteiger partial charge in [-0.05, 0) is 31.2 Å². The number of aromatic nitrogens is 2. The van der Waals surface area contributed by atoms with Crippen LogP contribution in [0.4, 0.5) is 5.82 Å². The summed E-state index contributed by atoms with van der Waals surface area (Å²) in [4.78, 5) is 28.3. The third-order valence-corrected chi connectivity index (χ3v) is 5.17. The molecule has 1 aromatic heterocycles. The van der Waals surface area contributed by atoms with Crippen LogP contribution in [0.15, 0.2) is 48.0 Å². The average Bonchev–Trinajstić information content (AvgIpc) is 3.65. The zero-order chi connectivity index (χ0) is 18.2. The Morgan fingerprint density at radius 2 is 1.96 bits per heavy atom. The van der Waals surface area contributed by atoms with Crippen molar-refractivity contribution in [3.05, 3.63) is 54.0 Å². The van der Waals surface area contributed by atoms with Crippen LogP contribution < -0.4 is 10.2 Å². The van der Waals surface area contributed by atoms with E-state index in [1.54, 1.807) is 23.5 Å². The van der Waals surface area contributed by atoms with Crippen LogP contribution in [0.2, 0.25) is 0 Å². The Hall–Kier alpha value is -2.96. The van der Waals surface area contributed by atoms with Crippen LogP contribution in [0, 0.1) is 11.8 Å². The van der Waals surface area contributed by atoms with E-state index in [2.05, 4.69) is 20.4 Å². The summed E-state index contributed by atoms with van der Waals surface area (Å²) in [5.74, 6) is 2.21. The lowest BCUT2D eigenvalue weighted by Gasteiger charge is -2.21. The lowest BCUT2D eigenvalue weighted by atomic mass is 10.1. The fraction of sp³-hybridized carbons (Fsp3) is 0.400. The molecule has 7 heteroatoms. The number of oxime groups is 1. The SMILES string of the molecule is O=C(C1CC1)N(Cc1ccc(C2=NOC(C3CC3)N2)cc1)c1cnccn1. The second-order valence-electron chi connectivity index (χ2n) is 7.41. The Morgan fingerprint density at radius 1 is 1.15 bits per heavy atom. The topological polar surface area (TPSA) is 79.7 Å². The summed E-state index contributed by atoms with van der Waals surface area (Å²) in [7, 11) is 0. The Kier molecular flexibility index (Phi) is 3.99. The normalized spacial score (nSPS) is 21.2. The van der Waals surface area contributed by atoms with Gasteiger partial charge in [0.05, 0.1) is 12.7 Å². The minimum Gasteiger partial charge on any atom is -0.368 e. The van der Waals surface area contributed by atoms with Crippen molar-refractivity contribution in [2.45, 2.75) is 38.5 Å². The van der Waals surface area contributed by atoms with Gasteiger partial charge in [0.15, 0.2) is 11.7 Å². The van der Waals surface area contributed by atoms with Gasteiger partial charge < -0.3 is 10.2 Å². The van der Waals surface area contributed by atoms with Crippen LogP contribution in [-0.4, -0.2) is 27.9 Å². The Morgan fingerprint density at radius 3 is 2.63 bits per heavy atom. The highest BCUT2D eigenvalue weighted by molar-refractivity contribution is 5.99. The summed E-state index contributed by atoms with van der Waals surface area (Å²) in [6.07, 6.45) is 9.21. The molecular weight excluding hydrogens is 342 g/mol. The summed E-state index contributed by atoms with van der Waals surface area (Å²) in [5, 5.41) is 7.51. The number of rotatable bonds is 6. The van der Waals surface area contributed by atoms with Crippen molar-refractivity contribution in [2.75, 3.05) is 4.90 Å². The maximum Gasteiger partial charge on any atom is 0.231 e. The number of amides is 1. The summed E-state index contributed by atoms with van der Waals surface area (Å²) in [6, 6.07) is 8.06. The molecule has 2 aliphatic carbocycles. The van der Waals surface area contributed by atoms with E-state index in [4.69, 9.17) is 4.84 Å². The first-order chi connectivity index (χ1) is 13.3. The van der Waals surface area contributed by atoms with Gasteiger partial charge in [-0.2, -0.15) is 0 Å². The number of anilines is 1. The third-order valence-electron chi connectivity index (χ3n) is 5.17. The number of benzene rings is 1. The van der Waals surface area contributed by atoms with Crippen molar-refractivity contribution in [3.63, 3.8) is 0 Å². The molecular formula is C20H21N5O2. The molecule has 1 aromatic carbocycles. The van der Waals surface area contributed by atoms with E-state index in [9.17, 15) is 4.79 Å². The minimum atomic E-state index is 0.0167. The second kappa shape index (κ2) is 6.64. The van der Waals surface area contributed by atoms with E-state index in [-0.39, 0.29) is 18.1 Å². The van der Waals surface area contributed by atoms with Gasteiger partial charge in [0.1, 0.15) is 0 Å². The van der Waals surface area contributed by atoms with Gasteiger partial charge in [-0.15, -0.1) is 0 Å². The van der Waals surface area contributed by atoms with Gasteiger partial charge in [-0.1, -0.05) is 29.4 Å². The first kappa shape index (κ1) is 16.2. The van der Waals surface area contributed by atoms with Crippen LogP contribution in [0.5, 0.6) is 0 Å². The smallest absolute Gasteiger partial charge is 0.231 e. The Bertz CT molecular complexity index is 860. The van der Waals surface area contributed by atoms with Crippen LogP contribution in [-0.2, 0) is 16.2 Å². The number of carbonyl (C=O) groups excluding carboxylic acids is 1. The molecule has 2 aromatic rings. The van der Waals surface area contributed by atoms with Crippen LogP contribution >= 0.6 is 0 Å². The first-order valence-electron chi connectivity index (χ1n) is 9.45. The number of hydrogen-bond acceptors (Lipinski definition) is 6. The van der Waals surface area contributed by atoms with Gasteiger partial charge >= 0.3 is 0 Å². The summed E-state index contributed by atoms with van der Waals surface area (Å²) < 4.78 is 0. The van der Waals surface area contributed by atoms with E-state index >= 15 is 0 Å². The zero-order valence-corrected chi connectivity index (χ0v) is 14.9. The van der Waals surface area contributed by atoms with Crippen molar-refractivity contribution in [3.8, 4) is 0 Å². The monoisotopic (exact) mass is 363 g/mol. The zero-order valence-electron chi connectivity index (χ0n) is 14.9. The third kappa shape index (κ3) is 3.49. The van der Waals surface area contributed by atoms with Crippen LogP contribution in [0.25, 0.3) is 0 Å². The fourth-order valence-corrected chi connectivity index (χ4v) is 3.24. The number of nitrogens with one attached hydrogen (secondary N) is 1. The number of carbonyl (C=O) groups is 1. The van der Waals surface area contributed by atoms with E-state index in [1.165, 1.54) is 12.8 Å². The molecule has 0 spiro atoms. The molecule has 2 fully saturated rings. The van der Waals surface area contributed by atoms with E-state index < -0.39 is 0 Å². The van der Waals surface area contributed by atoms with Gasteiger partial charge in [0, 0.05) is 29.8 Å². The molecule has 7 nitrogen and oxygen atoms in total. The maximum absolute atomic E-state index is 12.7. The van der Waals surface area contributed by atoms with Crippen LogP contribution in [0.3, 0.4) is 0 Å². The molecule has 27 heavy (non-hydrogen) atoms. The van der Waals surface area contributed by atoms with Crippen molar-refractivity contribution < 1.29 is 9.63 Å².